The molecule has 0 atom stereocenters. The molecule has 1 aromatic rings. The van der Waals surface area contributed by atoms with Crippen LogP contribution in [-0.2, 0) is 25.1 Å². The average molecular weight is 298 g/mol. The normalized spacial score (nSPS) is 12.2. The lowest BCUT2D eigenvalue weighted by molar-refractivity contribution is -0.154. The van der Waals surface area contributed by atoms with Gasteiger partial charge in [-0.25, -0.2) is 8.42 Å². The largest absolute Gasteiger partial charge is 0.460 e. The minimum absolute atomic E-state index is 0.0392. The maximum atomic E-state index is 12.0. The Bertz CT molecular complexity index is 568. The Kier molecular flexibility index (Phi) is 5.34. The van der Waals surface area contributed by atoms with E-state index < -0.39 is 21.4 Å². The highest BCUT2D eigenvalue weighted by molar-refractivity contribution is 7.90. The van der Waals surface area contributed by atoms with Crippen molar-refractivity contribution in [2.24, 2.45) is 0 Å². The van der Waals surface area contributed by atoms with Gasteiger partial charge in [0.2, 0.25) is 0 Å². The molecule has 0 N–H and O–H groups in total. The minimum Gasteiger partial charge on any atom is -0.460 e. The lowest BCUT2D eigenvalue weighted by Gasteiger charge is -2.19. The summed E-state index contributed by atoms with van der Waals surface area (Å²) in [5.74, 6) is -0.704. The van der Waals surface area contributed by atoms with Crippen LogP contribution in [0.15, 0.2) is 24.3 Å². The smallest absolute Gasteiger partial charge is 0.307 e. The molecule has 0 amide bonds. The zero-order chi connectivity index (χ0) is 15.4. The van der Waals surface area contributed by atoms with Crippen LogP contribution in [0.2, 0.25) is 0 Å². The summed E-state index contributed by atoms with van der Waals surface area (Å²) in [6.45, 7) is 7.14. The van der Waals surface area contributed by atoms with Gasteiger partial charge in [0, 0.05) is 0 Å². The van der Waals surface area contributed by atoms with Gasteiger partial charge in [0.15, 0.2) is 9.84 Å². The first-order chi connectivity index (χ1) is 9.09. The third kappa shape index (κ3) is 6.19. The van der Waals surface area contributed by atoms with Gasteiger partial charge < -0.3 is 4.74 Å². The molecule has 0 unspecified atom stereocenters. The van der Waals surface area contributed by atoms with Crippen molar-refractivity contribution in [2.45, 2.75) is 45.5 Å². The van der Waals surface area contributed by atoms with Gasteiger partial charge in [-0.3, -0.25) is 4.79 Å². The average Bonchev–Trinajstić information content (AvgIpc) is 2.27. The van der Waals surface area contributed by atoms with Crippen LogP contribution in [0.3, 0.4) is 0 Å². The maximum absolute atomic E-state index is 12.0. The topological polar surface area (TPSA) is 60.4 Å². The molecular formula is C15H22O4S. The number of benzene rings is 1. The molecule has 0 aromatic heterocycles. The molecule has 0 aliphatic carbocycles. The highest BCUT2D eigenvalue weighted by Gasteiger charge is 2.20. The van der Waals surface area contributed by atoms with Gasteiger partial charge in [-0.15, -0.1) is 0 Å². The highest BCUT2D eigenvalue weighted by atomic mass is 32.2. The summed E-state index contributed by atoms with van der Waals surface area (Å²) in [5, 5.41) is 0. The molecule has 0 saturated heterocycles. The lowest BCUT2D eigenvalue weighted by atomic mass is 10.1. The molecule has 0 aliphatic heterocycles. The van der Waals surface area contributed by atoms with Gasteiger partial charge >= 0.3 is 5.97 Å². The summed E-state index contributed by atoms with van der Waals surface area (Å²) in [4.78, 5) is 11.5. The third-order valence-electron chi connectivity index (χ3n) is 2.67. The van der Waals surface area contributed by atoms with Gasteiger partial charge in [0.05, 0.1) is 17.9 Å². The number of aryl methyl sites for hydroxylation is 1. The highest BCUT2D eigenvalue weighted by Crippen LogP contribution is 2.14. The first-order valence-electron chi connectivity index (χ1n) is 6.56. The van der Waals surface area contributed by atoms with Crippen molar-refractivity contribution >= 4 is 15.8 Å². The van der Waals surface area contributed by atoms with Crippen LogP contribution in [0.25, 0.3) is 0 Å². The Morgan fingerprint density at radius 1 is 1.20 bits per heavy atom. The zero-order valence-electron chi connectivity index (χ0n) is 12.5. The number of rotatable bonds is 5. The number of carbonyl (C=O) groups is 1. The van der Waals surface area contributed by atoms with Crippen LogP contribution in [0.1, 0.15) is 38.3 Å². The number of esters is 1. The Hall–Kier alpha value is -1.36. The Morgan fingerprint density at radius 3 is 2.35 bits per heavy atom. The molecule has 1 rings (SSSR count). The van der Waals surface area contributed by atoms with E-state index >= 15 is 0 Å². The molecule has 4 nitrogen and oxygen atoms in total. The molecule has 0 radical (unpaired) electrons. The van der Waals surface area contributed by atoms with E-state index in [-0.39, 0.29) is 17.9 Å². The first-order valence-corrected chi connectivity index (χ1v) is 8.38. The number of sulfone groups is 1. The van der Waals surface area contributed by atoms with Crippen LogP contribution in [0.4, 0.5) is 0 Å². The number of ether oxygens (including phenoxy) is 1. The fourth-order valence-electron chi connectivity index (χ4n) is 1.71. The number of carbonyl (C=O) groups excluding carboxylic acids is 1. The van der Waals surface area contributed by atoms with Crippen LogP contribution >= 0.6 is 0 Å². The van der Waals surface area contributed by atoms with Crippen LogP contribution in [0, 0.1) is 6.92 Å². The van der Waals surface area contributed by atoms with E-state index in [9.17, 15) is 13.2 Å². The third-order valence-corrected chi connectivity index (χ3v) is 4.25. The number of hydrogen-bond acceptors (Lipinski definition) is 4. The van der Waals surface area contributed by atoms with Crippen molar-refractivity contribution < 1.29 is 17.9 Å². The van der Waals surface area contributed by atoms with Crippen molar-refractivity contribution in [3.63, 3.8) is 0 Å². The molecule has 0 aliphatic rings. The summed E-state index contributed by atoms with van der Waals surface area (Å²) < 4.78 is 29.1. The summed E-state index contributed by atoms with van der Waals surface area (Å²) in [7, 11) is -3.31. The second-order valence-electron chi connectivity index (χ2n) is 5.85. The van der Waals surface area contributed by atoms with E-state index in [1.54, 1.807) is 26.8 Å². The molecule has 0 spiro atoms. The molecule has 0 saturated carbocycles. The van der Waals surface area contributed by atoms with Crippen molar-refractivity contribution in [3.8, 4) is 0 Å². The molecular weight excluding hydrogens is 276 g/mol. The number of hydrogen-bond donors (Lipinski definition) is 0. The van der Waals surface area contributed by atoms with E-state index in [1.165, 1.54) is 0 Å². The molecule has 0 heterocycles. The van der Waals surface area contributed by atoms with Crippen molar-refractivity contribution in [1.29, 1.82) is 0 Å². The fraction of sp³-hybridized carbons (Fsp3) is 0.533. The quantitative estimate of drug-likeness (QED) is 0.784. The first kappa shape index (κ1) is 16.7. The van der Waals surface area contributed by atoms with Gasteiger partial charge in [-0.1, -0.05) is 24.3 Å². The minimum atomic E-state index is -3.31. The molecule has 0 fully saturated rings. The van der Waals surface area contributed by atoms with Gasteiger partial charge in [0.1, 0.15) is 5.60 Å². The maximum Gasteiger partial charge on any atom is 0.307 e. The predicted octanol–water partition coefficient (Wildman–Crippen LogP) is 2.64. The van der Waals surface area contributed by atoms with Gasteiger partial charge in [0.25, 0.3) is 0 Å². The summed E-state index contributed by atoms with van der Waals surface area (Å²) in [6, 6.07) is 7.34. The Labute approximate surface area is 121 Å². The van der Waals surface area contributed by atoms with Crippen molar-refractivity contribution in [3.05, 3.63) is 35.4 Å². The summed E-state index contributed by atoms with van der Waals surface area (Å²) >= 11 is 0. The predicted molar refractivity (Wildman–Crippen MR) is 79.1 cm³/mol. The van der Waals surface area contributed by atoms with Gasteiger partial charge in [-0.05, 0) is 38.8 Å². The second kappa shape index (κ2) is 6.39. The van der Waals surface area contributed by atoms with E-state index in [0.717, 1.165) is 11.1 Å². The van der Waals surface area contributed by atoms with Gasteiger partial charge in [-0.2, -0.15) is 0 Å². The molecule has 0 bridgehead atoms. The standard InChI is InChI=1S/C15H22O4S/c1-12-7-5-6-8-13(12)11-20(17,18)10-9-14(16)19-15(2,3)4/h5-8H,9-11H2,1-4H3. The monoisotopic (exact) mass is 298 g/mol. The van der Waals surface area contributed by atoms with Crippen molar-refractivity contribution in [2.75, 3.05) is 5.75 Å². The van der Waals surface area contributed by atoms with E-state index in [4.69, 9.17) is 4.74 Å². The summed E-state index contributed by atoms with van der Waals surface area (Å²) in [5.41, 5.74) is 1.13. The van der Waals surface area contributed by atoms with E-state index in [1.807, 2.05) is 25.1 Å². The van der Waals surface area contributed by atoms with Crippen LogP contribution < -0.4 is 0 Å². The Balaban J connectivity index is 2.59. The van der Waals surface area contributed by atoms with E-state index in [0.29, 0.717) is 0 Å². The van der Waals surface area contributed by atoms with Crippen LogP contribution in [0.5, 0.6) is 0 Å². The van der Waals surface area contributed by atoms with Crippen molar-refractivity contribution in [1.82, 2.24) is 0 Å². The summed E-state index contributed by atoms with van der Waals surface area (Å²) in [6.07, 6.45) is -0.106. The molecule has 1 aromatic carbocycles. The molecule has 5 heteroatoms. The Morgan fingerprint density at radius 2 is 1.80 bits per heavy atom. The lowest BCUT2D eigenvalue weighted by Crippen LogP contribution is -2.25. The zero-order valence-corrected chi connectivity index (χ0v) is 13.3. The molecule has 20 heavy (non-hydrogen) atoms. The second-order valence-corrected chi connectivity index (χ2v) is 8.04. The molecule has 112 valence electrons. The van der Waals surface area contributed by atoms with E-state index in [2.05, 4.69) is 0 Å². The SMILES string of the molecule is Cc1ccccc1CS(=O)(=O)CCC(=O)OC(C)(C)C. The fourth-order valence-corrected chi connectivity index (χ4v) is 3.13. The van der Waals surface area contributed by atoms with Crippen LogP contribution in [-0.4, -0.2) is 25.7 Å².